The highest BCUT2D eigenvalue weighted by Crippen LogP contribution is 2.31. The van der Waals surface area contributed by atoms with Crippen LogP contribution in [0.3, 0.4) is 0 Å². The number of thioether (sulfide) groups is 1. The summed E-state index contributed by atoms with van der Waals surface area (Å²) in [5.74, 6) is 0.0178. The van der Waals surface area contributed by atoms with Gasteiger partial charge in [0, 0.05) is 32.9 Å². The molecule has 1 aromatic rings. The van der Waals surface area contributed by atoms with E-state index in [1.165, 1.54) is 30.3 Å². The summed E-state index contributed by atoms with van der Waals surface area (Å²) in [6.07, 6.45) is 4.50. The van der Waals surface area contributed by atoms with Gasteiger partial charge in [-0.05, 0) is 48.4 Å². The Morgan fingerprint density at radius 3 is 2.43 bits per heavy atom. The van der Waals surface area contributed by atoms with E-state index in [1.807, 2.05) is 6.08 Å². The van der Waals surface area contributed by atoms with E-state index >= 15 is 0 Å². The molecule has 2 fully saturated rings. The summed E-state index contributed by atoms with van der Waals surface area (Å²) in [6, 6.07) is 8.44. The molecular formula is C16H19N3OS. The summed E-state index contributed by atoms with van der Waals surface area (Å²) in [6.45, 7) is 2.30. The third-order valence-corrected chi connectivity index (χ3v) is 5.01. The molecule has 0 saturated carbocycles. The maximum atomic E-state index is 12.1. The van der Waals surface area contributed by atoms with Crippen LogP contribution in [0.15, 0.2) is 34.2 Å². The fourth-order valence-electron chi connectivity index (χ4n) is 2.66. The third kappa shape index (κ3) is 2.83. The summed E-state index contributed by atoms with van der Waals surface area (Å²) < 4.78 is 0. The van der Waals surface area contributed by atoms with Gasteiger partial charge >= 0.3 is 0 Å². The van der Waals surface area contributed by atoms with Crippen molar-refractivity contribution in [3.63, 3.8) is 0 Å². The molecule has 0 aromatic heterocycles. The average Bonchev–Trinajstić information content (AvgIpc) is 3.12. The molecule has 2 aliphatic rings. The lowest BCUT2D eigenvalue weighted by Gasteiger charge is -2.17. The summed E-state index contributed by atoms with van der Waals surface area (Å²) in [7, 11) is 3.47. The molecule has 4 nitrogen and oxygen atoms in total. The van der Waals surface area contributed by atoms with E-state index < -0.39 is 0 Å². The zero-order valence-electron chi connectivity index (χ0n) is 12.4. The lowest BCUT2D eigenvalue weighted by Crippen LogP contribution is -2.23. The lowest BCUT2D eigenvalue weighted by atomic mass is 10.2. The first-order chi connectivity index (χ1) is 10.2. The highest BCUT2D eigenvalue weighted by atomic mass is 32.2. The molecule has 0 N–H and O–H groups in total. The van der Waals surface area contributed by atoms with E-state index in [4.69, 9.17) is 0 Å². The van der Waals surface area contributed by atoms with Crippen LogP contribution in [0.4, 0.5) is 5.69 Å². The van der Waals surface area contributed by atoms with E-state index in [1.54, 1.807) is 19.0 Å². The minimum absolute atomic E-state index is 0.0178. The predicted octanol–water partition coefficient (Wildman–Crippen LogP) is 2.82. The molecule has 1 aromatic carbocycles. The van der Waals surface area contributed by atoms with Crippen LogP contribution in [0.25, 0.3) is 6.08 Å². The van der Waals surface area contributed by atoms with Crippen LogP contribution in [0, 0.1) is 0 Å². The first-order valence-corrected chi connectivity index (χ1v) is 8.00. The number of nitrogens with zero attached hydrogens (tertiary/aromatic N) is 3. The fraction of sp³-hybridized carbons (Fsp3) is 0.375. The second kappa shape index (κ2) is 5.93. The molecule has 0 spiro atoms. The first kappa shape index (κ1) is 14.2. The smallest absolute Gasteiger partial charge is 0.266 e. The summed E-state index contributed by atoms with van der Waals surface area (Å²) in [4.78, 5) is 20.9. The normalized spacial score (nSPS) is 22.9. The minimum Gasteiger partial charge on any atom is -0.372 e. The van der Waals surface area contributed by atoms with Crippen molar-refractivity contribution in [2.24, 2.45) is 4.99 Å². The number of aliphatic imine (C=N–C) groups is 1. The van der Waals surface area contributed by atoms with Crippen LogP contribution in [0.5, 0.6) is 0 Å². The maximum absolute atomic E-state index is 12.1. The van der Waals surface area contributed by atoms with E-state index in [2.05, 4.69) is 34.2 Å². The van der Waals surface area contributed by atoms with Crippen LogP contribution >= 0.6 is 11.8 Å². The number of hydrogen-bond donors (Lipinski definition) is 0. The molecule has 21 heavy (non-hydrogen) atoms. The number of benzene rings is 1. The Bertz CT molecular complexity index is 600. The zero-order valence-corrected chi connectivity index (χ0v) is 13.2. The van der Waals surface area contributed by atoms with Gasteiger partial charge in [0.05, 0.1) is 4.91 Å². The highest BCUT2D eigenvalue weighted by molar-refractivity contribution is 8.18. The van der Waals surface area contributed by atoms with Crippen LogP contribution < -0.4 is 4.90 Å². The summed E-state index contributed by atoms with van der Waals surface area (Å²) >= 11 is 1.43. The standard InChI is InChI=1S/C16H19N3OS/c1-17-16-18(2)15(20)14(21-16)11-12-5-7-13(8-6-12)19-9-3-4-10-19/h5-8,11H,3-4,9-10H2,1-2H3/b14-11-,17-16?. The van der Waals surface area contributed by atoms with Gasteiger partial charge in [0.15, 0.2) is 5.17 Å². The van der Waals surface area contributed by atoms with Gasteiger partial charge in [-0.3, -0.25) is 14.7 Å². The van der Waals surface area contributed by atoms with Gasteiger partial charge in [0.2, 0.25) is 0 Å². The largest absolute Gasteiger partial charge is 0.372 e. The number of amides is 1. The molecule has 110 valence electrons. The number of amidine groups is 1. The molecule has 5 heteroatoms. The lowest BCUT2D eigenvalue weighted by molar-refractivity contribution is -0.121. The Balaban J connectivity index is 1.78. The van der Waals surface area contributed by atoms with Gasteiger partial charge < -0.3 is 4.90 Å². The van der Waals surface area contributed by atoms with Crippen LogP contribution in [-0.4, -0.2) is 43.2 Å². The first-order valence-electron chi connectivity index (χ1n) is 7.18. The van der Waals surface area contributed by atoms with Crippen molar-refractivity contribution >= 4 is 34.6 Å². The zero-order chi connectivity index (χ0) is 14.8. The van der Waals surface area contributed by atoms with Crippen LogP contribution in [-0.2, 0) is 4.79 Å². The van der Waals surface area contributed by atoms with Crippen molar-refractivity contribution < 1.29 is 4.79 Å². The number of hydrogen-bond acceptors (Lipinski definition) is 4. The molecule has 3 rings (SSSR count). The number of anilines is 1. The molecule has 2 aliphatic heterocycles. The molecule has 0 unspecified atom stereocenters. The number of likely N-dealkylation sites (N-methyl/N-ethyl adjacent to an activating group) is 1. The van der Waals surface area contributed by atoms with Crippen molar-refractivity contribution in [2.75, 3.05) is 32.1 Å². The maximum Gasteiger partial charge on any atom is 0.266 e. The molecule has 0 atom stereocenters. The minimum atomic E-state index is 0.0178. The van der Waals surface area contributed by atoms with Gasteiger partial charge in [-0.1, -0.05) is 12.1 Å². The monoisotopic (exact) mass is 301 g/mol. The molecule has 0 aliphatic carbocycles. The summed E-state index contributed by atoms with van der Waals surface area (Å²) in [5.41, 5.74) is 2.33. The number of rotatable bonds is 2. The third-order valence-electron chi connectivity index (χ3n) is 3.86. The van der Waals surface area contributed by atoms with Gasteiger partial charge in [0.25, 0.3) is 5.91 Å². The SMILES string of the molecule is CN=C1S/C(=C\c2ccc(N3CCCC3)cc2)C(=O)N1C. The quantitative estimate of drug-likeness (QED) is 0.788. The van der Waals surface area contributed by atoms with Crippen molar-refractivity contribution in [1.82, 2.24) is 4.90 Å². The second-order valence-electron chi connectivity index (χ2n) is 5.27. The van der Waals surface area contributed by atoms with E-state index in [0.717, 1.165) is 28.7 Å². The van der Waals surface area contributed by atoms with Crippen molar-refractivity contribution in [3.05, 3.63) is 34.7 Å². The Morgan fingerprint density at radius 2 is 1.86 bits per heavy atom. The van der Waals surface area contributed by atoms with E-state index in [0.29, 0.717) is 0 Å². The summed E-state index contributed by atoms with van der Waals surface area (Å²) in [5, 5.41) is 0.750. The van der Waals surface area contributed by atoms with Crippen LogP contribution in [0.2, 0.25) is 0 Å². The van der Waals surface area contributed by atoms with Crippen molar-refractivity contribution in [2.45, 2.75) is 12.8 Å². The Labute approximate surface area is 129 Å². The predicted molar refractivity (Wildman–Crippen MR) is 89.6 cm³/mol. The second-order valence-corrected chi connectivity index (χ2v) is 6.28. The topological polar surface area (TPSA) is 35.9 Å². The van der Waals surface area contributed by atoms with E-state index in [9.17, 15) is 4.79 Å². The average molecular weight is 301 g/mol. The van der Waals surface area contributed by atoms with Gasteiger partial charge in [0.1, 0.15) is 0 Å². The number of carbonyl (C=O) groups is 1. The Kier molecular flexibility index (Phi) is 4.01. The fourth-order valence-corrected chi connectivity index (χ4v) is 3.58. The van der Waals surface area contributed by atoms with E-state index in [-0.39, 0.29) is 5.91 Å². The molecule has 0 radical (unpaired) electrons. The Hall–Kier alpha value is -1.75. The van der Waals surface area contributed by atoms with Crippen molar-refractivity contribution in [3.8, 4) is 0 Å². The van der Waals surface area contributed by atoms with Gasteiger partial charge in [-0.25, -0.2) is 0 Å². The van der Waals surface area contributed by atoms with Gasteiger partial charge in [-0.2, -0.15) is 0 Å². The molecule has 0 bridgehead atoms. The van der Waals surface area contributed by atoms with Crippen molar-refractivity contribution in [1.29, 1.82) is 0 Å². The van der Waals surface area contributed by atoms with Crippen LogP contribution in [0.1, 0.15) is 18.4 Å². The molecular weight excluding hydrogens is 282 g/mol. The number of carbonyl (C=O) groups excluding carboxylic acids is 1. The molecule has 2 saturated heterocycles. The highest BCUT2D eigenvalue weighted by Gasteiger charge is 2.29. The molecule has 1 amide bonds. The molecule has 2 heterocycles. The van der Waals surface area contributed by atoms with Gasteiger partial charge in [-0.15, -0.1) is 0 Å². The Morgan fingerprint density at radius 1 is 1.19 bits per heavy atom.